The minimum atomic E-state index is 0.671. The van der Waals surface area contributed by atoms with Crippen molar-refractivity contribution in [1.29, 1.82) is 0 Å². The first-order valence-electron chi connectivity index (χ1n) is 4.49. The van der Waals surface area contributed by atoms with Crippen LogP contribution in [-0.2, 0) is 11.4 Å². The summed E-state index contributed by atoms with van der Waals surface area (Å²) < 4.78 is 0. The summed E-state index contributed by atoms with van der Waals surface area (Å²) >= 11 is 0. The second kappa shape index (κ2) is 4.17. The first-order valence-corrected chi connectivity index (χ1v) is 4.49. The summed E-state index contributed by atoms with van der Waals surface area (Å²) in [5, 5.41) is 2.37. The van der Waals surface area contributed by atoms with Gasteiger partial charge in [-0.15, -0.1) is 0 Å². The zero-order valence-electron chi connectivity index (χ0n) is 8.03. The van der Waals surface area contributed by atoms with E-state index in [4.69, 9.17) is 4.84 Å². The van der Waals surface area contributed by atoms with Crippen LogP contribution < -0.4 is 5.48 Å². The molecule has 0 unspecified atom stereocenters. The van der Waals surface area contributed by atoms with Crippen molar-refractivity contribution < 1.29 is 4.84 Å². The molecule has 0 aliphatic heterocycles. The van der Waals surface area contributed by atoms with E-state index in [0.29, 0.717) is 6.54 Å². The molecule has 0 saturated heterocycles. The molecule has 1 heterocycles. The molecule has 72 valence electrons. The Labute approximate surface area is 82.7 Å². The highest BCUT2D eigenvalue weighted by Crippen LogP contribution is 2.16. The van der Waals surface area contributed by atoms with Crippen molar-refractivity contribution in [3.05, 3.63) is 42.2 Å². The van der Waals surface area contributed by atoms with Crippen LogP contribution in [0, 0.1) is 0 Å². The zero-order valence-corrected chi connectivity index (χ0v) is 8.03. The van der Waals surface area contributed by atoms with E-state index in [1.165, 1.54) is 5.39 Å². The number of pyridine rings is 1. The van der Waals surface area contributed by atoms with Crippen LogP contribution in [0.5, 0.6) is 0 Å². The van der Waals surface area contributed by atoms with E-state index in [9.17, 15) is 0 Å². The summed E-state index contributed by atoms with van der Waals surface area (Å²) in [6.07, 6.45) is 3.72. The molecule has 1 N–H and O–H groups in total. The number of nitrogens with zero attached hydrogens (tertiary/aromatic N) is 1. The van der Waals surface area contributed by atoms with E-state index in [0.717, 1.165) is 10.9 Å². The van der Waals surface area contributed by atoms with E-state index < -0.39 is 0 Å². The highest BCUT2D eigenvalue weighted by molar-refractivity contribution is 5.84. The number of fused-ring (bicyclic) bond motifs is 1. The Morgan fingerprint density at radius 2 is 2.14 bits per heavy atom. The monoisotopic (exact) mass is 188 g/mol. The van der Waals surface area contributed by atoms with Crippen molar-refractivity contribution in [2.75, 3.05) is 7.11 Å². The third kappa shape index (κ3) is 1.73. The molecule has 0 radical (unpaired) electrons. The molecule has 1 aromatic heterocycles. The second-order valence-corrected chi connectivity index (χ2v) is 3.04. The fourth-order valence-corrected chi connectivity index (χ4v) is 1.47. The summed E-state index contributed by atoms with van der Waals surface area (Å²) in [6, 6.07) is 8.18. The summed E-state index contributed by atoms with van der Waals surface area (Å²) in [6.45, 7) is 0.671. The predicted octanol–water partition coefficient (Wildman–Crippen LogP) is 1.89. The highest BCUT2D eigenvalue weighted by Gasteiger charge is 1.99. The molecule has 0 amide bonds. The smallest absolute Gasteiger partial charge is 0.0572 e. The molecular weight excluding hydrogens is 176 g/mol. The number of nitrogens with one attached hydrogen (secondary N) is 1. The van der Waals surface area contributed by atoms with Gasteiger partial charge in [0.2, 0.25) is 0 Å². The van der Waals surface area contributed by atoms with Crippen LogP contribution in [-0.4, -0.2) is 12.1 Å². The molecule has 2 rings (SSSR count). The van der Waals surface area contributed by atoms with Crippen LogP contribution in [0.1, 0.15) is 5.56 Å². The van der Waals surface area contributed by atoms with Crippen LogP contribution in [0.4, 0.5) is 0 Å². The average molecular weight is 188 g/mol. The predicted molar refractivity (Wildman–Crippen MR) is 55.6 cm³/mol. The van der Waals surface area contributed by atoms with Gasteiger partial charge >= 0.3 is 0 Å². The van der Waals surface area contributed by atoms with Crippen LogP contribution in [0.25, 0.3) is 10.8 Å². The summed E-state index contributed by atoms with van der Waals surface area (Å²) in [4.78, 5) is 8.99. The molecule has 0 bridgehead atoms. The number of benzene rings is 1. The maximum absolute atomic E-state index is 4.82. The number of hydrogen-bond acceptors (Lipinski definition) is 3. The molecule has 0 aliphatic carbocycles. The Hall–Kier alpha value is -1.45. The van der Waals surface area contributed by atoms with Gasteiger partial charge in [-0.05, 0) is 10.9 Å². The van der Waals surface area contributed by atoms with Gasteiger partial charge in [-0.1, -0.05) is 24.3 Å². The minimum absolute atomic E-state index is 0.671. The molecule has 0 fully saturated rings. The van der Waals surface area contributed by atoms with Gasteiger partial charge in [0.25, 0.3) is 0 Å². The van der Waals surface area contributed by atoms with Crippen molar-refractivity contribution in [2.24, 2.45) is 0 Å². The number of aromatic nitrogens is 1. The Morgan fingerprint density at radius 1 is 1.29 bits per heavy atom. The van der Waals surface area contributed by atoms with E-state index >= 15 is 0 Å². The van der Waals surface area contributed by atoms with Crippen LogP contribution in [0.2, 0.25) is 0 Å². The maximum atomic E-state index is 4.82. The standard InChI is InChI=1S/C11H12N2O/c1-14-13-8-10-7-12-6-9-4-2-3-5-11(9)10/h2-7,13H,8H2,1H3. The van der Waals surface area contributed by atoms with Crippen molar-refractivity contribution in [3.63, 3.8) is 0 Å². The van der Waals surface area contributed by atoms with E-state index in [1.54, 1.807) is 7.11 Å². The normalized spacial score (nSPS) is 10.6. The lowest BCUT2D eigenvalue weighted by molar-refractivity contribution is 0.0869. The molecule has 3 nitrogen and oxygen atoms in total. The molecule has 0 aliphatic rings. The van der Waals surface area contributed by atoms with E-state index in [2.05, 4.69) is 22.6 Å². The summed E-state index contributed by atoms with van der Waals surface area (Å²) in [5.41, 5.74) is 3.96. The second-order valence-electron chi connectivity index (χ2n) is 3.04. The molecule has 1 aromatic carbocycles. The van der Waals surface area contributed by atoms with Gasteiger partial charge in [0.05, 0.1) is 7.11 Å². The lowest BCUT2D eigenvalue weighted by atomic mass is 10.1. The quantitative estimate of drug-likeness (QED) is 0.747. The van der Waals surface area contributed by atoms with Crippen molar-refractivity contribution in [2.45, 2.75) is 6.54 Å². The third-order valence-corrected chi connectivity index (χ3v) is 2.16. The van der Waals surface area contributed by atoms with Crippen LogP contribution in [0.15, 0.2) is 36.7 Å². The summed E-state index contributed by atoms with van der Waals surface area (Å²) in [7, 11) is 1.61. The lowest BCUT2D eigenvalue weighted by Gasteiger charge is -2.05. The molecule has 14 heavy (non-hydrogen) atoms. The molecule has 0 spiro atoms. The van der Waals surface area contributed by atoms with Gasteiger partial charge in [0.1, 0.15) is 0 Å². The number of hydrogen-bond donors (Lipinski definition) is 1. The maximum Gasteiger partial charge on any atom is 0.0572 e. The van der Waals surface area contributed by atoms with Crippen molar-refractivity contribution in [1.82, 2.24) is 10.5 Å². The average Bonchev–Trinajstić information content (AvgIpc) is 2.26. The first kappa shape index (κ1) is 9.12. The van der Waals surface area contributed by atoms with Gasteiger partial charge in [0, 0.05) is 24.3 Å². The topological polar surface area (TPSA) is 34.1 Å². The van der Waals surface area contributed by atoms with Gasteiger partial charge in [-0.3, -0.25) is 4.98 Å². The third-order valence-electron chi connectivity index (χ3n) is 2.16. The van der Waals surface area contributed by atoms with E-state index in [-0.39, 0.29) is 0 Å². The van der Waals surface area contributed by atoms with Gasteiger partial charge in [-0.2, -0.15) is 5.48 Å². The van der Waals surface area contributed by atoms with Crippen LogP contribution >= 0.6 is 0 Å². The first-order chi connectivity index (χ1) is 6.92. The highest BCUT2D eigenvalue weighted by atomic mass is 16.6. The number of rotatable bonds is 3. The summed E-state index contributed by atoms with van der Waals surface area (Å²) in [5.74, 6) is 0. The van der Waals surface area contributed by atoms with Crippen LogP contribution in [0.3, 0.4) is 0 Å². The lowest BCUT2D eigenvalue weighted by Crippen LogP contribution is -2.11. The molecule has 2 aromatic rings. The van der Waals surface area contributed by atoms with E-state index in [1.807, 2.05) is 24.5 Å². The number of hydroxylamine groups is 1. The Morgan fingerprint density at radius 3 is 3.00 bits per heavy atom. The fourth-order valence-electron chi connectivity index (χ4n) is 1.47. The van der Waals surface area contributed by atoms with Gasteiger partial charge in [-0.25, -0.2) is 0 Å². The molecule has 0 saturated carbocycles. The Kier molecular flexibility index (Phi) is 2.72. The van der Waals surface area contributed by atoms with Gasteiger partial charge in [0.15, 0.2) is 0 Å². The Balaban J connectivity index is 2.43. The molecule has 3 heteroatoms. The fraction of sp³-hybridized carbons (Fsp3) is 0.182. The molecule has 0 atom stereocenters. The van der Waals surface area contributed by atoms with Crippen molar-refractivity contribution >= 4 is 10.8 Å². The Bertz CT molecular complexity index is 423. The SMILES string of the molecule is CONCc1cncc2ccccc12. The van der Waals surface area contributed by atoms with Crippen molar-refractivity contribution in [3.8, 4) is 0 Å². The van der Waals surface area contributed by atoms with Gasteiger partial charge < -0.3 is 4.84 Å². The zero-order chi connectivity index (χ0) is 9.80. The minimum Gasteiger partial charge on any atom is -0.305 e. The largest absolute Gasteiger partial charge is 0.305 e. The molecular formula is C11H12N2O.